The molecule has 43 heavy (non-hydrogen) atoms. The van der Waals surface area contributed by atoms with Gasteiger partial charge in [-0.25, -0.2) is 9.97 Å². The number of Topliss-reactive ketones (excluding diaryl/α,β-unsaturated/α-hetero) is 1. The minimum Gasteiger partial charge on any atom is -0.442 e. The molecule has 1 saturated heterocycles. The van der Waals surface area contributed by atoms with Crippen molar-refractivity contribution in [2.75, 3.05) is 20.1 Å². The molecule has 3 aromatic heterocycles. The number of nitrogens with zero attached hydrogens (tertiary/aromatic N) is 5. The molecule has 1 aromatic carbocycles. The molecule has 0 unspecified atom stereocenters. The summed E-state index contributed by atoms with van der Waals surface area (Å²) in [4.78, 5) is 46.8. The fraction of sp³-hybridized carbons (Fsp3) is 0.438. The second-order valence-electron chi connectivity index (χ2n) is 11.6. The Morgan fingerprint density at radius 1 is 1.09 bits per heavy atom. The third-order valence-electron chi connectivity index (χ3n) is 8.31. The number of nitrogens with one attached hydrogen (secondary N) is 1. The zero-order valence-electron chi connectivity index (χ0n) is 24.5. The largest absolute Gasteiger partial charge is 0.442 e. The first-order valence-corrected chi connectivity index (χ1v) is 14.9. The number of oxime groups is 1. The van der Waals surface area contributed by atoms with Gasteiger partial charge in [0, 0.05) is 55.4 Å². The summed E-state index contributed by atoms with van der Waals surface area (Å²) in [7, 11) is 2.09. The number of hydrogen-bond donors (Lipinski definition) is 1. The first kappa shape index (κ1) is 28.7. The van der Waals surface area contributed by atoms with Crippen molar-refractivity contribution < 1.29 is 23.3 Å². The second kappa shape index (κ2) is 12.5. The molecule has 224 valence electrons. The van der Waals surface area contributed by atoms with E-state index in [-0.39, 0.29) is 17.6 Å². The fourth-order valence-corrected chi connectivity index (χ4v) is 5.68. The fourth-order valence-electron chi connectivity index (χ4n) is 5.68. The van der Waals surface area contributed by atoms with Gasteiger partial charge in [-0.1, -0.05) is 24.1 Å². The van der Waals surface area contributed by atoms with Crippen LogP contribution in [0.2, 0.25) is 0 Å². The molecule has 11 heteroatoms. The molecule has 0 aliphatic carbocycles. The van der Waals surface area contributed by atoms with Crippen LogP contribution in [0.25, 0.3) is 22.2 Å². The zero-order chi connectivity index (χ0) is 29.8. The van der Waals surface area contributed by atoms with Crippen molar-refractivity contribution in [2.45, 2.75) is 69.9 Å². The number of aryl methyl sites for hydroxylation is 1. The van der Waals surface area contributed by atoms with Crippen LogP contribution in [0.1, 0.15) is 79.7 Å². The van der Waals surface area contributed by atoms with E-state index in [4.69, 9.17) is 13.7 Å². The van der Waals surface area contributed by atoms with E-state index < -0.39 is 11.6 Å². The molecule has 6 rings (SSSR count). The molecule has 0 bridgehead atoms. The molecule has 1 N–H and O–H groups in total. The van der Waals surface area contributed by atoms with E-state index in [2.05, 4.69) is 37.4 Å². The number of pyridine rings is 1. The molecular formula is C32H36N6O5. The number of carbonyl (C=O) groups excluding carboxylic acids is 2. The highest BCUT2D eigenvalue weighted by Gasteiger charge is 2.43. The van der Waals surface area contributed by atoms with Gasteiger partial charge in [0.2, 0.25) is 11.7 Å². The number of aromatic nitrogens is 3. The van der Waals surface area contributed by atoms with Gasteiger partial charge in [0.15, 0.2) is 5.76 Å². The number of piperidine rings is 1. The van der Waals surface area contributed by atoms with Crippen LogP contribution in [-0.4, -0.2) is 63.0 Å². The zero-order valence-corrected chi connectivity index (χ0v) is 24.5. The highest BCUT2D eigenvalue weighted by Crippen LogP contribution is 2.35. The van der Waals surface area contributed by atoms with Gasteiger partial charge in [-0.15, -0.1) is 0 Å². The van der Waals surface area contributed by atoms with Crippen LogP contribution in [0.15, 0.2) is 63.0 Å². The predicted molar refractivity (Wildman–Crippen MR) is 159 cm³/mol. The van der Waals surface area contributed by atoms with Crippen LogP contribution in [-0.2, 0) is 9.63 Å². The molecule has 11 nitrogen and oxygen atoms in total. The van der Waals surface area contributed by atoms with Crippen LogP contribution in [0.3, 0.4) is 0 Å². The van der Waals surface area contributed by atoms with Gasteiger partial charge in [0.25, 0.3) is 11.8 Å². The molecule has 0 saturated carbocycles. The number of benzene rings is 1. The summed E-state index contributed by atoms with van der Waals surface area (Å²) in [6.07, 6.45) is 9.87. The molecule has 4 aromatic rings. The SMILES string of the molecule is Cc1ccc2cc(-c3cnc([C@H](CCCCCC(=O)c4ncco4)NC(=O)C4=NOC5(CCN(C)CC5)C4)o3)ccc2n1. The smallest absolute Gasteiger partial charge is 0.269 e. The average Bonchev–Trinajstić information content (AvgIpc) is 3.80. The van der Waals surface area contributed by atoms with Gasteiger partial charge in [0.05, 0.1) is 17.9 Å². The Morgan fingerprint density at radius 2 is 1.95 bits per heavy atom. The lowest BCUT2D eigenvalue weighted by Crippen LogP contribution is -2.44. The number of carbonyl (C=O) groups is 2. The van der Waals surface area contributed by atoms with Crippen molar-refractivity contribution in [2.24, 2.45) is 5.16 Å². The van der Waals surface area contributed by atoms with E-state index in [1.54, 1.807) is 6.20 Å². The molecule has 5 heterocycles. The summed E-state index contributed by atoms with van der Waals surface area (Å²) >= 11 is 0. The first-order chi connectivity index (χ1) is 20.9. The number of rotatable bonds is 11. The standard InChI is InChI=1S/C32H36N6O5/c1-21-8-9-22-18-23(10-11-24(22)35-21)28-20-34-30(42-28)25(6-4-3-5-7-27(39)31-33-14-17-41-31)36-29(40)26-19-32(43-37-26)12-15-38(2)16-13-32/h8-11,14,17-18,20,25H,3-7,12-13,15-16,19H2,1-2H3,(H,36,40)/t25-/m0/s1. The van der Waals surface area contributed by atoms with Crippen LogP contribution < -0.4 is 5.32 Å². The van der Waals surface area contributed by atoms with E-state index in [9.17, 15) is 9.59 Å². The lowest BCUT2D eigenvalue weighted by molar-refractivity contribution is -0.115. The van der Waals surface area contributed by atoms with Gasteiger partial charge in [-0.3, -0.25) is 14.6 Å². The van der Waals surface area contributed by atoms with Crippen molar-refractivity contribution in [1.29, 1.82) is 0 Å². The number of unbranched alkanes of at least 4 members (excludes halogenated alkanes) is 2. The molecule has 1 fully saturated rings. The van der Waals surface area contributed by atoms with Crippen LogP contribution in [0, 0.1) is 6.92 Å². The normalized spacial score (nSPS) is 17.1. The van der Waals surface area contributed by atoms with Gasteiger partial charge in [0.1, 0.15) is 23.6 Å². The molecule has 1 atom stereocenters. The van der Waals surface area contributed by atoms with Crippen molar-refractivity contribution >= 4 is 28.3 Å². The van der Waals surface area contributed by atoms with Crippen molar-refractivity contribution in [1.82, 2.24) is 25.2 Å². The number of oxazole rings is 2. The maximum Gasteiger partial charge on any atom is 0.269 e. The lowest BCUT2D eigenvalue weighted by Gasteiger charge is -2.35. The van der Waals surface area contributed by atoms with Crippen LogP contribution in [0.5, 0.6) is 0 Å². The average molecular weight is 585 g/mol. The highest BCUT2D eigenvalue weighted by atomic mass is 16.7. The van der Waals surface area contributed by atoms with Gasteiger partial charge in [-0.2, -0.15) is 0 Å². The summed E-state index contributed by atoms with van der Waals surface area (Å²) in [6.45, 7) is 3.79. The monoisotopic (exact) mass is 584 g/mol. The molecule has 1 spiro atoms. The van der Waals surface area contributed by atoms with Crippen LogP contribution in [0.4, 0.5) is 0 Å². The summed E-state index contributed by atoms with van der Waals surface area (Å²) in [5.41, 5.74) is 2.75. The van der Waals surface area contributed by atoms with Crippen molar-refractivity contribution in [3.63, 3.8) is 0 Å². The Bertz CT molecular complexity index is 1620. The minimum absolute atomic E-state index is 0.116. The van der Waals surface area contributed by atoms with E-state index >= 15 is 0 Å². The minimum atomic E-state index is -0.467. The van der Waals surface area contributed by atoms with Gasteiger partial charge < -0.3 is 23.9 Å². The second-order valence-corrected chi connectivity index (χ2v) is 11.6. The molecule has 1 amide bonds. The van der Waals surface area contributed by atoms with E-state index in [0.29, 0.717) is 43.0 Å². The predicted octanol–water partition coefficient (Wildman–Crippen LogP) is 5.42. The Hall–Kier alpha value is -4.38. The Kier molecular flexibility index (Phi) is 8.33. The summed E-state index contributed by atoms with van der Waals surface area (Å²) in [6, 6.07) is 9.50. The Balaban J connectivity index is 1.13. The number of amides is 1. The van der Waals surface area contributed by atoms with E-state index in [0.717, 1.165) is 60.9 Å². The van der Waals surface area contributed by atoms with Crippen LogP contribution >= 0.6 is 0 Å². The third-order valence-corrected chi connectivity index (χ3v) is 8.31. The number of hydrogen-bond acceptors (Lipinski definition) is 10. The molecule has 2 aliphatic heterocycles. The maximum atomic E-state index is 13.4. The Labute approximate surface area is 249 Å². The summed E-state index contributed by atoms with van der Waals surface area (Å²) in [5, 5.41) is 8.32. The quantitative estimate of drug-likeness (QED) is 0.181. The lowest BCUT2D eigenvalue weighted by atomic mass is 9.87. The number of fused-ring (bicyclic) bond motifs is 1. The first-order valence-electron chi connectivity index (χ1n) is 14.9. The van der Waals surface area contributed by atoms with Crippen molar-refractivity contribution in [3.05, 3.63) is 66.5 Å². The number of likely N-dealkylation sites (tertiary alicyclic amines) is 1. The molecular weight excluding hydrogens is 548 g/mol. The highest BCUT2D eigenvalue weighted by molar-refractivity contribution is 6.39. The Morgan fingerprint density at radius 3 is 2.77 bits per heavy atom. The van der Waals surface area contributed by atoms with E-state index in [1.165, 1.54) is 12.5 Å². The molecule has 0 radical (unpaired) electrons. The topological polar surface area (TPSA) is 136 Å². The van der Waals surface area contributed by atoms with Gasteiger partial charge >= 0.3 is 0 Å². The summed E-state index contributed by atoms with van der Waals surface area (Å²) in [5.74, 6) is 0.788. The molecule has 2 aliphatic rings. The third kappa shape index (κ3) is 6.67. The van der Waals surface area contributed by atoms with Gasteiger partial charge in [-0.05, 0) is 51.1 Å². The number of ketones is 1. The van der Waals surface area contributed by atoms with E-state index in [1.807, 2.05) is 37.3 Å². The summed E-state index contributed by atoms with van der Waals surface area (Å²) < 4.78 is 11.3. The maximum absolute atomic E-state index is 13.4. The van der Waals surface area contributed by atoms with Crippen molar-refractivity contribution in [3.8, 4) is 11.3 Å².